The van der Waals surface area contributed by atoms with E-state index in [1.54, 1.807) is 23.0 Å². The standard InChI is InChI=1S/C17H17N7/c18-16(19)13-3-1-11(2-4-13)10-24-15(9-22-23-24)12-5-7-14(8-6-12)17(20)21/h1-9H,10H2,(H3,18,19)(H3,20,21). The second-order valence-corrected chi connectivity index (χ2v) is 5.38. The molecule has 7 heteroatoms. The molecule has 7 nitrogen and oxygen atoms in total. The highest BCUT2D eigenvalue weighted by atomic mass is 15.4. The Morgan fingerprint density at radius 3 is 1.96 bits per heavy atom. The van der Waals surface area contributed by atoms with Crippen molar-refractivity contribution in [2.45, 2.75) is 6.54 Å². The molecule has 0 saturated heterocycles. The third-order valence-electron chi connectivity index (χ3n) is 3.71. The molecule has 0 atom stereocenters. The minimum atomic E-state index is 0.0405. The van der Waals surface area contributed by atoms with Gasteiger partial charge in [-0.25, -0.2) is 4.68 Å². The zero-order valence-corrected chi connectivity index (χ0v) is 12.9. The summed E-state index contributed by atoms with van der Waals surface area (Å²) in [5.74, 6) is 0.0901. The maximum atomic E-state index is 7.44. The second-order valence-electron chi connectivity index (χ2n) is 5.38. The van der Waals surface area contributed by atoms with Crippen LogP contribution in [-0.2, 0) is 6.54 Å². The molecule has 1 aromatic heterocycles. The average molecular weight is 319 g/mol. The lowest BCUT2D eigenvalue weighted by molar-refractivity contribution is 0.655. The molecule has 0 fully saturated rings. The first-order valence-corrected chi connectivity index (χ1v) is 7.31. The Morgan fingerprint density at radius 1 is 0.875 bits per heavy atom. The number of nitrogens with two attached hydrogens (primary N) is 2. The predicted octanol–water partition coefficient (Wildman–Crippen LogP) is 1.56. The number of rotatable bonds is 5. The molecule has 3 rings (SSSR count). The Labute approximate surface area is 138 Å². The third kappa shape index (κ3) is 3.14. The summed E-state index contributed by atoms with van der Waals surface area (Å²) in [4.78, 5) is 0. The van der Waals surface area contributed by atoms with Crippen LogP contribution in [0, 0.1) is 10.8 Å². The van der Waals surface area contributed by atoms with Crippen molar-refractivity contribution in [1.82, 2.24) is 15.0 Å². The van der Waals surface area contributed by atoms with Crippen LogP contribution in [0.2, 0.25) is 0 Å². The number of hydrogen-bond acceptors (Lipinski definition) is 4. The zero-order valence-electron chi connectivity index (χ0n) is 12.9. The van der Waals surface area contributed by atoms with Crippen LogP contribution in [0.25, 0.3) is 11.3 Å². The van der Waals surface area contributed by atoms with E-state index in [-0.39, 0.29) is 11.7 Å². The molecule has 0 spiro atoms. The van der Waals surface area contributed by atoms with E-state index in [1.165, 1.54) is 0 Å². The van der Waals surface area contributed by atoms with Crippen molar-refractivity contribution in [2.75, 3.05) is 0 Å². The molecule has 2 aromatic carbocycles. The van der Waals surface area contributed by atoms with E-state index in [2.05, 4.69) is 10.3 Å². The van der Waals surface area contributed by atoms with Gasteiger partial charge in [0.25, 0.3) is 0 Å². The molecule has 0 saturated carbocycles. The molecular weight excluding hydrogens is 302 g/mol. The Morgan fingerprint density at radius 2 is 1.42 bits per heavy atom. The molecule has 3 aromatic rings. The lowest BCUT2D eigenvalue weighted by Gasteiger charge is -2.08. The van der Waals surface area contributed by atoms with E-state index in [0.717, 1.165) is 16.8 Å². The highest BCUT2D eigenvalue weighted by molar-refractivity contribution is 5.95. The van der Waals surface area contributed by atoms with Crippen LogP contribution in [-0.4, -0.2) is 26.7 Å². The number of benzene rings is 2. The van der Waals surface area contributed by atoms with E-state index < -0.39 is 0 Å². The Balaban J connectivity index is 1.84. The summed E-state index contributed by atoms with van der Waals surface area (Å²) < 4.78 is 1.80. The fourth-order valence-corrected chi connectivity index (χ4v) is 2.38. The highest BCUT2D eigenvalue weighted by Crippen LogP contribution is 2.19. The fraction of sp³-hybridized carbons (Fsp3) is 0.0588. The van der Waals surface area contributed by atoms with E-state index in [0.29, 0.717) is 17.7 Å². The Bertz CT molecular complexity index is 876. The van der Waals surface area contributed by atoms with Gasteiger partial charge in [-0.15, -0.1) is 5.10 Å². The van der Waals surface area contributed by atoms with Gasteiger partial charge in [-0.05, 0) is 5.56 Å². The summed E-state index contributed by atoms with van der Waals surface area (Å²) in [6.07, 6.45) is 1.70. The molecule has 120 valence electrons. The van der Waals surface area contributed by atoms with Gasteiger partial charge in [0.1, 0.15) is 11.7 Å². The molecule has 24 heavy (non-hydrogen) atoms. The van der Waals surface area contributed by atoms with Gasteiger partial charge in [0.15, 0.2) is 0 Å². The van der Waals surface area contributed by atoms with Crippen LogP contribution in [0.4, 0.5) is 0 Å². The van der Waals surface area contributed by atoms with Crippen LogP contribution in [0.3, 0.4) is 0 Å². The number of nitrogen functional groups attached to an aromatic ring is 2. The molecule has 0 aliphatic heterocycles. The van der Waals surface area contributed by atoms with Crippen molar-refractivity contribution in [2.24, 2.45) is 11.5 Å². The van der Waals surface area contributed by atoms with Crippen molar-refractivity contribution < 1.29 is 0 Å². The Kier molecular flexibility index (Phi) is 4.07. The largest absolute Gasteiger partial charge is 0.384 e. The van der Waals surface area contributed by atoms with Crippen LogP contribution in [0.1, 0.15) is 16.7 Å². The zero-order chi connectivity index (χ0) is 17.1. The molecule has 0 unspecified atom stereocenters. The lowest BCUT2D eigenvalue weighted by atomic mass is 10.1. The van der Waals surface area contributed by atoms with Gasteiger partial charge in [0.2, 0.25) is 0 Å². The van der Waals surface area contributed by atoms with Gasteiger partial charge in [-0.2, -0.15) is 0 Å². The third-order valence-corrected chi connectivity index (χ3v) is 3.71. The highest BCUT2D eigenvalue weighted by Gasteiger charge is 2.08. The minimum Gasteiger partial charge on any atom is -0.384 e. The van der Waals surface area contributed by atoms with Crippen LogP contribution < -0.4 is 11.5 Å². The number of nitrogens with zero attached hydrogens (tertiary/aromatic N) is 3. The normalized spacial score (nSPS) is 10.5. The smallest absolute Gasteiger partial charge is 0.122 e. The first-order chi connectivity index (χ1) is 11.5. The monoisotopic (exact) mass is 319 g/mol. The van der Waals surface area contributed by atoms with Gasteiger partial charge < -0.3 is 11.5 Å². The Hall–Kier alpha value is -3.48. The summed E-state index contributed by atoms with van der Waals surface area (Å²) in [6.45, 7) is 0.558. The number of hydrogen-bond donors (Lipinski definition) is 4. The van der Waals surface area contributed by atoms with Crippen LogP contribution in [0.15, 0.2) is 54.7 Å². The fourth-order valence-electron chi connectivity index (χ4n) is 2.38. The number of amidine groups is 2. The van der Waals surface area contributed by atoms with Crippen molar-refractivity contribution in [3.63, 3.8) is 0 Å². The maximum Gasteiger partial charge on any atom is 0.122 e. The van der Waals surface area contributed by atoms with E-state index in [1.807, 2.05) is 36.4 Å². The second kappa shape index (κ2) is 6.33. The maximum absolute atomic E-state index is 7.44. The quantitative estimate of drug-likeness (QED) is 0.420. The van der Waals surface area contributed by atoms with Gasteiger partial charge in [0, 0.05) is 16.7 Å². The SMILES string of the molecule is N=C(N)c1ccc(Cn2nncc2-c2ccc(C(=N)N)cc2)cc1. The van der Waals surface area contributed by atoms with Crippen LogP contribution >= 0.6 is 0 Å². The first-order valence-electron chi connectivity index (χ1n) is 7.31. The molecule has 0 amide bonds. The molecule has 1 heterocycles. The van der Waals surface area contributed by atoms with Gasteiger partial charge in [-0.3, -0.25) is 10.8 Å². The molecule has 0 radical (unpaired) electrons. The van der Waals surface area contributed by atoms with Crippen molar-refractivity contribution in [3.05, 3.63) is 71.4 Å². The molecule has 6 N–H and O–H groups in total. The number of nitrogens with one attached hydrogen (secondary N) is 2. The lowest BCUT2D eigenvalue weighted by Crippen LogP contribution is -2.11. The van der Waals surface area contributed by atoms with Gasteiger partial charge >= 0.3 is 0 Å². The predicted molar refractivity (Wildman–Crippen MR) is 93.0 cm³/mol. The van der Waals surface area contributed by atoms with E-state index in [9.17, 15) is 0 Å². The van der Waals surface area contributed by atoms with Crippen molar-refractivity contribution in [3.8, 4) is 11.3 Å². The van der Waals surface area contributed by atoms with E-state index >= 15 is 0 Å². The van der Waals surface area contributed by atoms with Gasteiger partial charge in [-0.1, -0.05) is 53.7 Å². The van der Waals surface area contributed by atoms with Gasteiger partial charge in [0.05, 0.1) is 18.4 Å². The van der Waals surface area contributed by atoms with Crippen molar-refractivity contribution >= 4 is 11.7 Å². The average Bonchev–Trinajstić information content (AvgIpc) is 3.03. The van der Waals surface area contributed by atoms with E-state index in [4.69, 9.17) is 22.3 Å². The minimum absolute atomic E-state index is 0.0405. The summed E-state index contributed by atoms with van der Waals surface area (Å²) >= 11 is 0. The summed E-state index contributed by atoms with van der Waals surface area (Å²) in [7, 11) is 0. The summed E-state index contributed by atoms with van der Waals surface area (Å²) in [5.41, 5.74) is 15.2. The molecule has 0 bridgehead atoms. The van der Waals surface area contributed by atoms with Crippen LogP contribution in [0.5, 0.6) is 0 Å². The molecule has 0 aliphatic carbocycles. The molecule has 0 aliphatic rings. The topological polar surface area (TPSA) is 130 Å². The first kappa shape index (κ1) is 15.4. The summed E-state index contributed by atoms with van der Waals surface area (Å²) in [6, 6.07) is 14.9. The number of aromatic nitrogens is 3. The van der Waals surface area contributed by atoms with Crippen molar-refractivity contribution in [1.29, 1.82) is 10.8 Å². The summed E-state index contributed by atoms with van der Waals surface area (Å²) in [5, 5.41) is 23.0. The molecular formula is C17H17N7.